The van der Waals surface area contributed by atoms with E-state index in [9.17, 15) is 14.0 Å². The van der Waals surface area contributed by atoms with Gasteiger partial charge in [0.1, 0.15) is 12.4 Å². The lowest BCUT2D eigenvalue weighted by atomic mass is 10.1. The molecular formula is C12H14FNO4. The van der Waals surface area contributed by atoms with Crippen molar-refractivity contribution in [2.45, 2.75) is 6.92 Å². The van der Waals surface area contributed by atoms with Gasteiger partial charge in [-0.3, -0.25) is 4.79 Å². The second kappa shape index (κ2) is 6.70. The Morgan fingerprint density at radius 3 is 2.83 bits per heavy atom. The number of aryl methyl sites for hydroxylation is 1. The van der Waals surface area contributed by atoms with Crippen molar-refractivity contribution < 1.29 is 23.8 Å². The molecule has 0 fully saturated rings. The number of hydrogen-bond donors (Lipinski definition) is 2. The van der Waals surface area contributed by atoms with Crippen molar-refractivity contribution in [2.24, 2.45) is 0 Å². The van der Waals surface area contributed by atoms with Gasteiger partial charge in [0.25, 0.3) is 5.91 Å². The number of hydrogen-bond acceptors (Lipinski definition) is 3. The molecule has 0 saturated carbocycles. The highest BCUT2D eigenvalue weighted by molar-refractivity contribution is 5.94. The molecule has 0 heterocycles. The first kappa shape index (κ1) is 14.1. The van der Waals surface area contributed by atoms with Crippen LogP contribution in [-0.2, 0) is 9.53 Å². The van der Waals surface area contributed by atoms with Crippen LogP contribution in [0.2, 0.25) is 0 Å². The molecule has 5 nitrogen and oxygen atoms in total. The zero-order valence-electron chi connectivity index (χ0n) is 9.90. The molecule has 0 aliphatic carbocycles. The van der Waals surface area contributed by atoms with Gasteiger partial charge in [0.2, 0.25) is 0 Å². The Labute approximate surface area is 104 Å². The summed E-state index contributed by atoms with van der Waals surface area (Å²) in [5.41, 5.74) is 0.359. The molecule has 0 atom stereocenters. The van der Waals surface area contributed by atoms with Crippen LogP contribution in [0.1, 0.15) is 15.9 Å². The van der Waals surface area contributed by atoms with E-state index >= 15 is 0 Å². The molecule has 0 radical (unpaired) electrons. The summed E-state index contributed by atoms with van der Waals surface area (Å²) >= 11 is 0. The summed E-state index contributed by atoms with van der Waals surface area (Å²) in [4.78, 5) is 21.7. The first-order chi connectivity index (χ1) is 8.52. The first-order valence-corrected chi connectivity index (χ1v) is 5.35. The number of halogens is 1. The minimum absolute atomic E-state index is 0.0340. The molecule has 0 unspecified atom stereocenters. The average molecular weight is 255 g/mol. The number of carbonyl (C=O) groups excluding carboxylic acids is 1. The second-order valence-electron chi connectivity index (χ2n) is 3.64. The predicted octanol–water partition coefficient (Wildman–Crippen LogP) is 0.965. The third-order valence-corrected chi connectivity index (χ3v) is 2.19. The molecule has 18 heavy (non-hydrogen) atoms. The summed E-state index contributed by atoms with van der Waals surface area (Å²) in [6.07, 6.45) is 0. The number of carboxylic acids is 1. The maximum Gasteiger partial charge on any atom is 0.329 e. The van der Waals surface area contributed by atoms with Crippen molar-refractivity contribution >= 4 is 11.9 Å². The highest BCUT2D eigenvalue weighted by Gasteiger charge is 2.12. The maximum absolute atomic E-state index is 13.6. The molecule has 1 amide bonds. The SMILES string of the molecule is Cc1cccc(C(=O)NCCOCC(=O)O)c1F. The Morgan fingerprint density at radius 1 is 1.44 bits per heavy atom. The Balaban J connectivity index is 2.41. The lowest BCUT2D eigenvalue weighted by molar-refractivity contribution is -0.142. The van der Waals surface area contributed by atoms with Gasteiger partial charge in [0, 0.05) is 6.54 Å². The van der Waals surface area contributed by atoms with E-state index in [1.807, 2.05) is 0 Å². The van der Waals surface area contributed by atoms with E-state index in [2.05, 4.69) is 5.32 Å². The molecule has 0 aliphatic rings. The van der Waals surface area contributed by atoms with Crippen molar-refractivity contribution in [3.63, 3.8) is 0 Å². The molecule has 0 aliphatic heterocycles. The third kappa shape index (κ3) is 4.14. The summed E-state index contributed by atoms with van der Waals surface area (Å²) in [5, 5.41) is 10.7. The highest BCUT2D eigenvalue weighted by Crippen LogP contribution is 2.11. The summed E-state index contributed by atoms with van der Waals surface area (Å²) in [7, 11) is 0. The van der Waals surface area contributed by atoms with E-state index < -0.39 is 24.3 Å². The predicted molar refractivity (Wildman–Crippen MR) is 61.9 cm³/mol. The molecule has 1 aromatic rings. The molecule has 0 bridgehead atoms. The van der Waals surface area contributed by atoms with Gasteiger partial charge in [-0.1, -0.05) is 12.1 Å². The summed E-state index contributed by atoms with van der Waals surface area (Å²) < 4.78 is 18.3. The van der Waals surface area contributed by atoms with Gasteiger partial charge in [0.15, 0.2) is 0 Å². The van der Waals surface area contributed by atoms with Crippen molar-refractivity contribution in [3.05, 3.63) is 35.1 Å². The Kier molecular flexibility index (Phi) is 5.26. The van der Waals surface area contributed by atoms with Crippen LogP contribution >= 0.6 is 0 Å². The van der Waals surface area contributed by atoms with Crippen molar-refractivity contribution in [2.75, 3.05) is 19.8 Å². The zero-order valence-corrected chi connectivity index (χ0v) is 9.90. The van der Waals surface area contributed by atoms with E-state index in [0.717, 1.165) is 0 Å². The monoisotopic (exact) mass is 255 g/mol. The quantitative estimate of drug-likeness (QED) is 0.742. The van der Waals surface area contributed by atoms with Gasteiger partial charge in [-0.15, -0.1) is 0 Å². The van der Waals surface area contributed by atoms with Crippen LogP contribution < -0.4 is 5.32 Å². The van der Waals surface area contributed by atoms with Crippen LogP contribution in [0.4, 0.5) is 4.39 Å². The topological polar surface area (TPSA) is 75.6 Å². The average Bonchev–Trinajstić information content (AvgIpc) is 2.31. The van der Waals surface area contributed by atoms with E-state index in [-0.39, 0.29) is 18.7 Å². The molecular weight excluding hydrogens is 241 g/mol. The number of rotatable bonds is 6. The molecule has 1 rings (SSSR count). The summed E-state index contributed by atoms with van der Waals surface area (Å²) in [6.45, 7) is 1.34. The first-order valence-electron chi connectivity index (χ1n) is 5.35. The Hall–Kier alpha value is -1.95. The highest BCUT2D eigenvalue weighted by atomic mass is 19.1. The van der Waals surface area contributed by atoms with Crippen LogP contribution in [0, 0.1) is 12.7 Å². The van der Waals surface area contributed by atoms with Crippen LogP contribution in [-0.4, -0.2) is 36.7 Å². The second-order valence-corrected chi connectivity index (χ2v) is 3.64. The van der Waals surface area contributed by atoms with Crippen molar-refractivity contribution in [1.29, 1.82) is 0 Å². The number of nitrogens with one attached hydrogen (secondary N) is 1. The van der Waals surface area contributed by atoms with Gasteiger partial charge in [-0.05, 0) is 18.6 Å². The molecule has 6 heteroatoms. The standard InChI is InChI=1S/C12H14FNO4/c1-8-3-2-4-9(11(8)13)12(17)14-5-6-18-7-10(15)16/h2-4H,5-7H2,1H3,(H,14,17)(H,15,16). The van der Waals surface area contributed by atoms with E-state index in [1.54, 1.807) is 19.1 Å². The minimum atomic E-state index is -1.08. The summed E-state index contributed by atoms with van der Waals surface area (Å²) in [6, 6.07) is 4.55. The Morgan fingerprint density at radius 2 is 2.17 bits per heavy atom. The number of benzene rings is 1. The minimum Gasteiger partial charge on any atom is -0.480 e. The fraction of sp³-hybridized carbons (Fsp3) is 0.333. The van der Waals surface area contributed by atoms with Crippen molar-refractivity contribution in [3.8, 4) is 0 Å². The van der Waals surface area contributed by atoms with Crippen molar-refractivity contribution in [1.82, 2.24) is 5.32 Å². The number of aliphatic carboxylic acids is 1. The molecule has 0 saturated heterocycles. The van der Waals surface area contributed by atoms with Crippen LogP contribution in [0.15, 0.2) is 18.2 Å². The molecule has 98 valence electrons. The lowest BCUT2D eigenvalue weighted by Gasteiger charge is -2.07. The number of carbonyl (C=O) groups is 2. The lowest BCUT2D eigenvalue weighted by Crippen LogP contribution is -2.28. The van der Waals surface area contributed by atoms with Crippen LogP contribution in [0.3, 0.4) is 0 Å². The molecule has 1 aromatic carbocycles. The molecule has 0 aromatic heterocycles. The molecule has 0 spiro atoms. The van der Waals surface area contributed by atoms with Gasteiger partial charge < -0.3 is 15.2 Å². The van der Waals surface area contributed by atoms with Gasteiger partial charge >= 0.3 is 5.97 Å². The normalized spacial score (nSPS) is 10.1. The fourth-order valence-corrected chi connectivity index (χ4v) is 1.31. The smallest absolute Gasteiger partial charge is 0.329 e. The zero-order chi connectivity index (χ0) is 13.5. The van der Waals surface area contributed by atoms with Gasteiger partial charge in [-0.25, -0.2) is 9.18 Å². The van der Waals surface area contributed by atoms with E-state index in [1.165, 1.54) is 6.07 Å². The van der Waals surface area contributed by atoms with E-state index in [4.69, 9.17) is 9.84 Å². The van der Waals surface area contributed by atoms with Crippen LogP contribution in [0.25, 0.3) is 0 Å². The van der Waals surface area contributed by atoms with Gasteiger partial charge in [-0.2, -0.15) is 0 Å². The van der Waals surface area contributed by atoms with E-state index in [0.29, 0.717) is 5.56 Å². The number of ether oxygens (including phenoxy) is 1. The fourth-order valence-electron chi connectivity index (χ4n) is 1.31. The van der Waals surface area contributed by atoms with Crippen LogP contribution in [0.5, 0.6) is 0 Å². The number of carboxylic acid groups (broad SMARTS) is 1. The largest absolute Gasteiger partial charge is 0.480 e. The van der Waals surface area contributed by atoms with Gasteiger partial charge in [0.05, 0.1) is 12.2 Å². The third-order valence-electron chi connectivity index (χ3n) is 2.19. The molecule has 2 N–H and O–H groups in total. The Bertz CT molecular complexity index is 448. The summed E-state index contributed by atoms with van der Waals surface area (Å²) in [5.74, 6) is -2.18. The number of amides is 1. The maximum atomic E-state index is 13.6.